The van der Waals surface area contributed by atoms with Crippen LogP contribution < -0.4 is 4.90 Å². The lowest BCUT2D eigenvalue weighted by Crippen LogP contribution is -2.51. The summed E-state index contributed by atoms with van der Waals surface area (Å²) in [5, 5.41) is 9.44. The molecule has 1 saturated heterocycles. The molecule has 0 saturated carbocycles. The summed E-state index contributed by atoms with van der Waals surface area (Å²) in [5.74, 6) is -0.869. The molecule has 0 unspecified atom stereocenters. The molecule has 1 fully saturated rings. The lowest BCUT2D eigenvalue weighted by atomic mass is 10.1. The summed E-state index contributed by atoms with van der Waals surface area (Å²) >= 11 is 6.05. The molecule has 1 heterocycles. The first-order valence-electron chi connectivity index (χ1n) is 4.99. The van der Waals surface area contributed by atoms with Gasteiger partial charge in [0.25, 0.3) is 0 Å². The quantitative estimate of drug-likeness (QED) is 0.871. The Morgan fingerprint density at radius 2 is 2.19 bits per heavy atom. The van der Waals surface area contributed by atoms with Crippen LogP contribution in [-0.2, 0) is 9.53 Å². The van der Waals surface area contributed by atoms with E-state index in [2.05, 4.69) is 0 Å². The minimum Gasteiger partial charge on any atom is -0.480 e. The van der Waals surface area contributed by atoms with Crippen LogP contribution in [0.15, 0.2) is 24.3 Å². The van der Waals surface area contributed by atoms with E-state index in [-0.39, 0.29) is 12.6 Å². The summed E-state index contributed by atoms with van der Waals surface area (Å²) in [6, 6.07) is 7.35. The molecule has 1 aliphatic rings. The summed E-state index contributed by atoms with van der Waals surface area (Å²) in [5.41, 5.74) is 0.750. The van der Waals surface area contributed by atoms with Gasteiger partial charge < -0.3 is 14.7 Å². The number of hydrogen-bond donors (Lipinski definition) is 1. The van der Waals surface area contributed by atoms with Gasteiger partial charge in [0.2, 0.25) is 0 Å². The fourth-order valence-corrected chi connectivity index (χ4v) is 1.89. The van der Waals surface area contributed by atoms with E-state index >= 15 is 0 Å². The number of anilines is 1. The largest absolute Gasteiger partial charge is 0.480 e. The van der Waals surface area contributed by atoms with Gasteiger partial charge in [-0.25, -0.2) is 0 Å². The lowest BCUT2D eigenvalue weighted by molar-refractivity contribution is -0.135. The van der Waals surface area contributed by atoms with Crippen LogP contribution in [0.3, 0.4) is 0 Å². The van der Waals surface area contributed by atoms with Gasteiger partial charge in [-0.15, -0.1) is 0 Å². The highest BCUT2D eigenvalue weighted by Gasteiger charge is 2.28. The number of nitrogens with zero attached hydrogens (tertiary/aromatic N) is 1. The molecular formula is C11H12ClNO3. The van der Waals surface area contributed by atoms with Gasteiger partial charge in [0.1, 0.15) is 6.54 Å². The Kier molecular flexibility index (Phi) is 3.31. The van der Waals surface area contributed by atoms with E-state index < -0.39 is 5.97 Å². The lowest BCUT2D eigenvalue weighted by Gasteiger charge is -2.38. The predicted octanol–water partition coefficient (Wildman–Crippen LogP) is 1.63. The monoisotopic (exact) mass is 241 g/mol. The highest BCUT2D eigenvalue weighted by atomic mass is 35.5. The van der Waals surface area contributed by atoms with Gasteiger partial charge in [-0.1, -0.05) is 23.7 Å². The number of hydrogen-bond acceptors (Lipinski definition) is 3. The van der Waals surface area contributed by atoms with Crippen molar-refractivity contribution in [2.24, 2.45) is 0 Å². The highest BCUT2D eigenvalue weighted by molar-refractivity contribution is 6.33. The maximum atomic E-state index is 10.8. The maximum absolute atomic E-state index is 10.8. The van der Waals surface area contributed by atoms with Crippen LogP contribution in [0.2, 0.25) is 5.02 Å². The number of halogens is 1. The first-order chi connectivity index (χ1) is 7.68. The second kappa shape index (κ2) is 4.72. The van der Waals surface area contributed by atoms with Gasteiger partial charge >= 0.3 is 5.97 Å². The number of carboxylic acid groups (broad SMARTS) is 1. The molecule has 1 N–H and O–H groups in total. The molecule has 0 aliphatic carbocycles. The number of aliphatic carboxylic acids is 1. The Morgan fingerprint density at radius 1 is 1.50 bits per heavy atom. The van der Waals surface area contributed by atoms with Gasteiger partial charge in [-0.05, 0) is 12.1 Å². The molecule has 1 aliphatic heterocycles. The van der Waals surface area contributed by atoms with Crippen molar-refractivity contribution in [1.82, 2.24) is 0 Å². The summed E-state index contributed by atoms with van der Waals surface area (Å²) in [6.45, 7) is 1.05. The van der Waals surface area contributed by atoms with E-state index in [1.807, 2.05) is 18.2 Å². The Hall–Kier alpha value is -1.26. The minimum atomic E-state index is -0.869. The third-order valence-electron chi connectivity index (χ3n) is 2.53. The molecule has 1 aromatic rings. The van der Waals surface area contributed by atoms with Gasteiger partial charge in [0, 0.05) is 0 Å². The Balaban J connectivity index is 2.23. The van der Waals surface area contributed by atoms with Crippen molar-refractivity contribution in [2.45, 2.75) is 6.04 Å². The third-order valence-corrected chi connectivity index (χ3v) is 2.85. The molecule has 0 atom stereocenters. The number of rotatable bonds is 4. The zero-order valence-electron chi connectivity index (χ0n) is 8.60. The molecule has 1 aromatic carbocycles. The van der Waals surface area contributed by atoms with Crippen molar-refractivity contribution in [3.05, 3.63) is 29.3 Å². The van der Waals surface area contributed by atoms with Crippen LogP contribution in [0.4, 0.5) is 5.69 Å². The SMILES string of the molecule is O=C(O)CN(c1ccccc1Cl)C1COC1. The highest BCUT2D eigenvalue weighted by Crippen LogP contribution is 2.28. The van der Waals surface area contributed by atoms with Crippen molar-refractivity contribution in [3.8, 4) is 0 Å². The summed E-state index contributed by atoms with van der Waals surface area (Å²) in [6.07, 6.45) is 0. The average molecular weight is 242 g/mol. The fourth-order valence-electron chi connectivity index (χ4n) is 1.64. The maximum Gasteiger partial charge on any atom is 0.323 e. The summed E-state index contributed by atoms with van der Waals surface area (Å²) in [4.78, 5) is 12.6. The van der Waals surface area contributed by atoms with E-state index in [9.17, 15) is 4.79 Å². The number of carbonyl (C=O) groups is 1. The predicted molar refractivity (Wildman–Crippen MR) is 61.0 cm³/mol. The molecule has 0 aromatic heterocycles. The Labute approximate surface area is 98.4 Å². The molecule has 0 amide bonds. The van der Waals surface area contributed by atoms with Crippen molar-refractivity contribution in [1.29, 1.82) is 0 Å². The number of benzene rings is 1. The van der Waals surface area contributed by atoms with Gasteiger partial charge in [0.15, 0.2) is 0 Å². The van der Waals surface area contributed by atoms with Gasteiger partial charge in [0.05, 0.1) is 30.0 Å². The van der Waals surface area contributed by atoms with E-state index in [1.165, 1.54) is 0 Å². The molecule has 16 heavy (non-hydrogen) atoms. The fraction of sp³-hybridized carbons (Fsp3) is 0.364. The first-order valence-corrected chi connectivity index (χ1v) is 5.37. The molecule has 0 radical (unpaired) electrons. The normalized spacial score (nSPS) is 15.6. The standard InChI is InChI=1S/C11H12ClNO3/c12-9-3-1-2-4-10(9)13(5-11(14)15)8-6-16-7-8/h1-4,8H,5-7H2,(H,14,15). The molecule has 0 spiro atoms. The summed E-state index contributed by atoms with van der Waals surface area (Å²) in [7, 11) is 0. The molecule has 86 valence electrons. The molecule has 4 nitrogen and oxygen atoms in total. The second-order valence-electron chi connectivity index (χ2n) is 3.66. The van der Waals surface area contributed by atoms with Crippen LogP contribution in [0.5, 0.6) is 0 Å². The summed E-state index contributed by atoms with van der Waals surface area (Å²) < 4.78 is 5.08. The van der Waals surface area contributed by atoms with Crippen molar-refractivity contribution in [3.63, 3.8) is 0 Å². The number of carboxylic acids is 1. The van der Waals surface area contributed by atoms with Crippen molar-refractivity contribution in [2.75, 3.05) is 24.7 Å². The van der Waals surface area contributed by atoms with Crippen LogP contribution in [-0.4, -0.2) is 36.9 Å². The van der Waals surface area contributed by atoms with E-state index in [4.69, 9.17) is 21.4 Å². The van der Waals surface area contributed by atoms with E-state index in [0.29, 0.717) is 18.2 Å². The smallest absolute Gasteiger partial charge is 0.323 e. The number of ether oxygens (including phenoxy) is 1. The zero-order chi connectivity index (χ0) is 11.5. The van der Waals surface area contributed by atoms with Gasteiger partial charge in [-0.2, -0.15) is 0 Å². The second-order valence-corrected chi connectivity index (χ2v) is 4.07. The van der Waals surface area contributed by atoms with Crippen LogP contribution >= 0.6 is 11.6 Å². The van der Waals surface area contributed by atoms with Crippen molar-refractivity contribution < 1.29 is 14.6 Å². The van der Waals surface area contributed by atoms with Crippen LogP contribution in [0, 0.1) is 0 Å². The van der Waals surface area contributed by atoms with Crippen LogP contribution in [0.1, 0.15) is 0 Å². The zero-order valence-corrected chi connectivity index (χ0v) is 9.35. The minimum absolute atomic E-state index is 0.0578. The molecule has 2 rings (SSSR count). The van der Waals surface area contributed by atoms with E-state index in [1.54, 1.807) is 11.0 Å². The molecule has 5 heteroatoms. The van der Waals surface area contributed by atoms with E-state index in [0.717, 1.165) is 5.69 Å². The molecule has 0 bridgehead atoms. The van der Waals surface area contributed by atoms with Crippen molar-refractivity contribution >= 4 is 23.3 Å². The third kappa shape index (κ3) is 2.28. The first kappa shape index (κ1) is 11.2. The number of para-hydroxylation sites is 1. The Morgan fingerprint density at radius 3 is 2.69 bits per heavy atom. The Bertz CT molecular complexity index is 393. The average Bonchev–Trinajstić information content (AvgIpc) is 2.14. The van der Waals surface area contributed by atoms with Gasteiger partial charge in [-0.3, -0.25) is 4.79 Å². The van der Waals surface area contributed by atoms with Crippen LogP contribution in [0.25, 0.3) is 0 Å². The topological polar surface area (TPSA) is 49.8 Å². The molecular weight excluding hydrogens is 230 g/mol.